The van der Waals surface area contributed by atoms with Gasteiger partial charge in [0.05, 0.1) is 13.2 Å². The van der Waals surface area contributed by atoms with E-state index in [9.17, 15) is 13.6 Å². The maximum atomic E-state index is 11.7. The van der Waals surface area contributed by atoms with Gasteiger partial charge in [0.1, 0.15) is 6.10 Å². The summed E-state index contributed by atoms with van der Waals surface area (Å²) in [6.07, 6.45) is -2.33. The van der Waals surface area contributed by atoms with Crippen molar-refractivity contribution in [3.8, 4) is 0 Å². The fraction of sp³-hybridized carbons (Fsp3) is 0.889. The smallest absolute Gasteiger partial charge is 0.302 e. The third-order valence-corrected chi connectivity index (χ3v) is 1.57. The van der Waals surface area contributed by atoms with E-state index in [0.29, 0.717) is 6.42 Å². The number of ether oxygens (including phenoxy) is 2. The molecule has 0 spiro atoms. The number of halogens is 2. The quantitative estimate of drug-likeness (QED) is 0.476. The van der Waals surface area contributed by atoms with Gasteiger partial charge in [-0.3, -0.25) is 4.79 Å². The van der Waals surface area contributed by atoms with E-state index in [1.54, 1.807) is 0 Å². The zero-order valence-electron chi connectivity index (χ0n) is 8.46. The minimum Gasteiger partial charge on any atom is -0.460 e. The first-order valence-electron chi connectivity index (χ1n) is 4.59. The van der Waals surface area contributed by atoms with Crippen molar-refractivity contribution >= 4 is 5.97 Å². The molecule has 0 heterocycles. The highest BCUT2D eigenvalue weighted by Crippen LogP contribution is 2.02. The minimum absolute atomic E-state index is 0.00453. The molecule has 0 aliphatic carbocycles. The largest absolute Gasteiger partial charge is 0.460 e. The third kappa shape index (κ3) is 7.91. The second-order valence-corrected chi connectivity index (χ2v) is 2.89. The van der Waals surface area contributed by atoms with Crippen molar-refractivity contribution in [3.63, 3.8) is 0 Å². The Kier molecular flexibility index (Phi) is 7.28. The number of hydrogen-bond donors (Lipinski definition) is 0. The van der Waals surface area contributed by atoms with Crippen molar-refractivity contribution in [2.45, 2.75) is 39.2 Å². The highest BCUT2D eigenvalue weighted by atomic mass is 19.3. The van der Waals surface area contributed by atoms with Crippen LogP contribution in [0.15, 0.2) is 0 Å². The van der Waals surface area contributed by atoms with E-state index >= 15 is 0 Å². The predicted octanol–water partition coefficient (Wildman–Crippen LogP) is 2.00. The molecule has 0 amide bonds. The van der Waals surface area contributed by atoms with E-state index in [4.69, 9.17) is 9.47 Å². The van der Waals surface area contributed by atoms with Crippen LogP contribution in [0.1, 0.15) is 26.7 Å². The molecule has 1 unspecified atom stereocenters. The zero-order chi connectivity index (χ0) is 11.0. The van der Waals surface area contributed by atoms with E-state index in [2.05, 4.69) is 0 Å². The van der Waals surface area contributed by atoms with Gasteiger partial charge in [-0.25, -0.2) is 8.78 Å². The van der Waals surface area contributed by atoms with Gasteiger partial charge in [0.25, 0.3) is 0 Å². The first-order chi connectivity index (χ1) is 6.56. The van der Waals surface area contributed by atoms with Crippen LogP contribution in [0.4, 0.5) is 8.78 Å². The first-order valence-corrected chi connectivity index (χ1v) is 4.59. The Morgan fingerprint density at radius 1 is 1.43 bits per heavy atom. The minimum atomic E-state index is -2.34. The Balaban J connectivity index is 3.47. The molecule has 0 saturated carbocycles. The summed E-state index contributed by atoms with van der Waals surface area (Å²) >= 11 is 0. The molecule has 0 aliphatic heterocycles. The topological polar surface area (TPSA) is 35.5 Å². The number of esters is 1. The Bertz CT molecular complexity index is 162. The molecule has 0 N–H and O–H groups in total. The van der Waals surface area contributed by atoms with Gasteiger partial charge in [-0.05, 0) is 6.42 Å². The van der Waals surface area contributed by atoms with Crippen molar-refractivity contribution in [1.29, 1.82) is 0 Å². The number of rotatable bonds is 7. The third-order valence-electron chi connectivity index (χ3n) is 1.57. The Morgan fingerprint density at radius 2 is 2.07 bits per heavy atom. The van der Waals surface area contributed by atoms with Crippen LogP contribution in [-0.2, 0) is 14.3 Å². The normalized spacial score (nSPS) is 12.9. The van der Waals surface area contributed by atoms with Gasteiger partial charge in [0.2, 0.25) is 6.43 Å². The van der Waals surface area contributed by atoms with Gasteiger partial charge < -0.3 is 9.47 Å². The molecule has 0 fully saturated rings. The van der Waals surface area contributed by atoms with Crippen LogP contribution in [0, 0.1) is 0 Å². The van der Waals surface area contributed by atoms with E-state index in [1.165, 1.54) is 6.92 Å². The van der Waals surface area contributed by atoms with Crippen LogP contribution in [-0.4, -0.2) is 31.7 Å². The van der Waals surface area contributed by atoms with Crippen molar-refractivity contribution in [2.75, 3.05) is 13.2 Å². The van der Waals surface area contributed by atoms with Crippen LogP contribution in [0.25, 0.3) is 0 Å². The van der Waals surface area contributed by atoms with E-state index < -0.39 is 6.43 Å². The molecule has 84 valence electrons. The fourth-order valence-corrected chi connectivity index (χ4v) is 0.857. The van der Waals surface area contributed by atoms with Crippen molar-refractivity contribution < 1.29 is 23.0 Å². The fourth-order valence-electron chi connectivity index (χ4n) is 0.857. The second-order valence-electron chi connectivity index (χ2n) is 2.89. The van der Waals surface area contributed by atoms with Crippen LogP contribution in [0.2, 0.25) is 0 Å². The standard InChI is InChI=1S/C9H16F2O3/c1-3-8(14-7(2)12)6-13-5-4-9(10)11/h8-9H,3-6H2,1-2H3. The number of carbonyl (C=O) groups excluding carboxylic acids is 1. The predicted molar refractivity (Wildman–Crippen MR) is 47.3 cm³/mol. The van der Waals surface area contributed by atoms with Crippen LogP contribution >= 0.6 is 0 Å². The lowest BCUT2D eigenvalue weighted by atomic mass is 10.3. The molecule has 0 radical (unpaired) electrons. The van der Waals surface area contributed by atoms with Gasteiger partial charge >= 0.3 is 5.97 Å². The maximum absolute atomic E-state index is 11.7. The highest BCUT2D eigenvalue weighted by Gasteiger charge is 2.10. The van der Waals surface area contributed by atoms with Crippen molar-refractivity contribution in [3.05, 3.63) is 0 Å². The van der Waals surface area contributed by atoms with Crippen molar-refractivity contribution in [2.24, 2.45) is 0 Å². The number of carbonyl (C=O) groups is 1. The SMILES string of the molecule is CCC(COCCC(F)F)OC(C)=O. The van der Waals surface area contributed by atoms with E-state index in [1.807, 2.05) is 6.92 Å². The van der Waals surface area contributed by atoms with E-state index in [-0.39, 0.29) is 31.7 Å². The highest BCUT2D eigenvalue weighted by molar-refractivity contribution is 5.66. The summed E-state index contributed by atoms with van der Waals surface area (Å²) < 4.78 is 33.2. The number of alkyl halides is 2. The molecule has 0 aliphatic rings. The molecule has 0 aromatic heterocycles. The summed E-state index contributed by atoms with van der Waals surface area (Å²) in [6, 6.07) is 0. The Labute approximate surface area is 82.4 Å². The van der Waals surface area contributed by atoms with Gasteiger partial charge in [-0.1, -0.05) is 6.92 Å². The first kappa shape index (κ1) is 13.3. The van der Waals surface area contributed by atoms with Crippen LogP contribution < -0.4 is 0 Å². The summed E-state index contributed by atoms with van der Waals surface area (Å²) in [5.74, 6) is -0.380. The summed E-state index contributed by atoms with van der Waals surface area (Å²) in [7, 11) is 0. The number of hydrogen-bond acceptors (Lipinski definition) is 3. The molecular formula is C9H16F2O3. The summed E-state index contributed by atoms with van der Waals surface area (Å²) in [6.45, 7) is 3.32. The molecule has 1 atom stereocenters. The van der Waals surface area contributed by atoms with Gasteiger partial charge in [-0.15, -0.1) is 0 Å². The summed E-state index contributed by atoms with van der Waals surface area (Å²) in [5.41, 5.74) is 0. The average molecular weight is 210 g/mol. The van der Waals surface area contributed by atoms with Gasteiger partial charge in [0.15, 0.2) is 0 Å². The molecule has 5 heteroatoms. The zero-order valence-corrected chi connectivity index (χ0v) is 8.46. The van der Waals surface area contributed by atoms with Gasteiger partial charge in [0, 0.05) is 13.3 Å². The lowest BCUT2D eigenvalue weighted by Gasteiger charge is -2.14. The molecule has 0 bridgehead atoms. The molecule has 0 rings (SSSR count). The lowest BCUT2D eigenvalue weighted by molar-refractivity contribution is -0.149. The van der Waals surface area contributed by atoms with Crippen LogP contribution in [0.3, 0.4) is 0 Å². The monoisotopic (exact) mass is 210 g/mol. The lowest BCUT2D eigenvalue weighted by Crippen LogP contribution is -2.22. The molecule has 0 aromatic carbocycles. The Hall–Kier alpha value is -0.710. The van der Waals surface area contributed by atoms with Gasteiger partial charge in [-0.2, -0.15) is 0 Å². The molecule has 3 nitrogen and oxygen atoms in total. The Morgan fingerprint density at radius 3 is 2.50 bits per heavy atom. The molecule has 14 heavy (non-hydrogen) atoms. The second kappa shape index (κ2) is 7.67. The maximum Gasteiger partial charge on any atom is 0.302 e. The average Bonchev–Trinajstić information content (AvgIpc) is 2.09. The molecule has 0 aromatic rings. The molecular weight excluding hydrogens is 194 g/mol. The summed E-state index contributed by atoms with van der Waals surface area (Å²) in [5, 5.41) is 0. The molecule has 0 saturated heterocycles. The van der Waals surface area contributed by atoms with E-state index in [0.717, 1.165) is 0 Å². The summed E-state index contributed by atoms with van der Waals surface area (Å²) in [4.78, 5) is 10.6. The van der Waals surface area contributed by atoms with Crippen LogP contribution in [0.5, 0.6) is 0 Å². The van der Waals surface area contributed by atoms with Crippen molar-refractivity contribution in [1.82, 2.24) is 0 Å².